The molecule has 5 nitrogen and oxygen atoms in total. The van der Waals surface area contributed by atoms with Crippen LogP contribution in [-0.2, 0) is 5.75 Å². The molecule has 0 spiro atoms. The summed E-state index contributed by atoms with van der Waals surface area (Å²) in [5.41, 5.74) is 2.58. The predicted molar refractivity (Wildman–Crippen MR) is 102 cm³/mol. The number of nitrogens with one attached hydrogen (secondary N) is 1. The third kappa shape index (κ3) is 5.00. The number of nitrogens with zero attached hydrogens (tertiary/aromatic N) is 2. The van der Waals surface area contributed by atoms with E-state index in [1.165, 1.54) is 30.0 Å². The number of aromatic nitrogens is 3. The van der Waals surface area contributed by atoms with E-state index in [2.05, 4.69) is 26.3 Å². The van der Waals surface area contributed by atoms with Gasteiger partial charge in [-0.15, -0.1) is 0 Å². The maximum absolute atomic E-state index is 13.1. The van der Waals surface area contributed by atoms with Crippen molar-refractivity contribution >= 4 is 22.8 Å². The maximum Gasteiger partial charge on any atom is 0.461 e. The second-order valence-electron chi connectivity index (χ2n) is 5.95. The van der Waals surface area contributed by atoms with Crippen molar-refractivity contribution in [3.63, 3.8) is 0 Å². The van der Waals surface area contributed by atoms with Gasteiger partial charge in [-0.2, -0.15) is 17.6 Å². The number of benzene rings is 1. The third-order valence-corrected chi connectivity index (χ3v) is 4.79. The minimum Gasteiger partial charge on any atom is -0.489 e. The molecule has 1 aromatic carbocycles. The highest BCUT2D eigenvalue weighted by Crippen LogP contribution is 2.31. The van der Waals surface area contributed by atoms with Crippen LogP contribution in [0, 0.1) is 6.92 Å². The summed E-state index contributed by atoms with van der Waals surface area (Å²) in [7, 11) is 0. The van der Waals surface area contributed by atoms with Gasteiger partial charge < -0.3 is 14.5 Å². The van der Waals surface area contributed by atoms with E-state index in [9.17, 15) is 17.6 Å². The van der Waals surface area contributed by atoms with Crippen molar-refractivity contribution in [3.8, 4) is 11.5 Å². The molecule has 0 aliphatic rings. The molecule has 0 fully saturated rings. The Hall–Kier alpha value is -2.75. The van der Waals surface area contributed by atoms with Crippen molar-refractivity contribution in [1.82, 2.24) is 15.0 Å². The Kier molecular flexibility index (Phi) is 6.31. The Morgan fingerprint density at radius 3 is 2.83 bits per heavy atom. The molecule has 154 valence electrons. The van der Waals surface area contributed by atoms with Crippen LogP contribution in [0.5, 0.6) is 11.5 Å². The topological polar surface area (TPSA) is 60.0 Å². The molecular formula is C19H17F4N3O2S. The number of ether oxygens (including phenoxy) is 2. The Labute approximate surface area is 168 Å². The molecule has 1 N–H and O–H groups in total. The molecule has 0 bridgehead atoms. The van der Waals surface area contributed by atoms with Crippen molar-refractivity contribution in [2.45, 2.75) is 30.4 Å². The van der Waals surface area contributed by atoms with E-state index in [-0.39, 0.29) is 0 Å². The van der Waals surface area contributed by atoms with Gasteiger partial charge in [-0.05, 0) is 25.1 Å². The quantitative estimate of drug-likeness (QED) is 0.283. The molecule has 2 aromatic heterocycles. The van der Waals surface area contributed by atoms with E-state index >= 15 is 0 Å². The lowest BCUT2D eigenvalue weighted by Crippen LogP contribution is -2.33. The lowest BCUT2D eigenvalue weighted by Gasteiger charge is -2.16. The molecule has 2 heterocycles. The zero-order chi connectivity index (χ0) is 21.0. The Morgan fingerprint density at radius 1 is 1.31 bits per heavy atom. The molecule has 0 aliphatic carbocycles. The summed E-state index contributed by atoms with van der Waals surface area (Å²) in [6.07, 6.45) is -5.20. The van der Waals surface area contributed by atoms with Crippen LogP contribution in [0.1, 0.15) is 11.3 Å². The lowest BCUT2D eigenvalue weighted by molar-refractivity contribution is -0.253. The summed E-state index contributed by atoms with van der Waals surface area (Å²) in [5, 5.41) is 0.524. The fraction of sp³-hybridized carbons (Fsp3) is 0.263. The van der Waals surface area contributed by atoms with Gasteiger partial charge in [-0.25, -0.2) is 4.98 Å². The number of alkyl halides is 4. The third-order valence-electron chi connectivity index (χ3n) is 3.90. The minimum atomic E-state index is -4.57. The smallest absolute Gasteiger partial charge is 0.461 e. The molecule has 0 unspecified atom stereocenters. The molecule has 0 radical (unpaired) electrons. The average molecular weight is 427 g/mol. The molecule has 0 aliphatic heterocycles. The predicted octanol–water partition coefficient (Wildman–Crippen LogP) is 5.36. The van der Waals surface area contributed by atoms with Gasteiger partial charge in [0.1, 0.15) is 18.1 Å². The second kappa shape index (κ2) is 8.73. The summed E-state index contributed by atoms with van der Waals surface area (Å²) >= 11 is 1.36. The van der Waals surface area contributed by atoms with Gasteiger partial charge >= 0.3 is 12.5 Å². The Bertz CT molecular complexity index is 1010. The first-order valence-corrected chi connectivity index (χ1v) is 9.44. The zero-order valence-corrected chi connectivity index (χ0v) is 16.1. The van der Waals surface area contributed by atoms with Crippen LogP contribution >= 0.6 is 11.8 Å². The van der Waals surface area contributed by atoms with Crippen LogP contribution < -0.4 is 9.47 Å². The monoisotopic (exact) mass is 427 g/mol. The average Bonchev–Trinajstić information content (AvgIpc) is 3.08. The largest absolute Gasteiger partial charge is 0.489 e. The number of rotatable bonds is 9. The summed E-state index contributed by atoms with van der Waals surface area (Å²) in [4.78, 5) is 11.7. The Morgan fingerprint density at radius 2 is 2.10 bits per heavy atom. The van der Waals surface area contributed by atoms with Crippen LogP contribution in [0.4, 0.5) is 17.6 Å². The SMILES string of the molecule is C=CCOc1ccnc(CSc2nc3cc(OC(F)(F)C(F)F)ccc3[nH]2)c1C. The van der Waals surface area contributed by atoms with Gasteiger partial charge in [0, 0.05) is 23.6 Å². The van der Waals surface area contributed by atoms with E-state index in [4.69, 9.17) is 4.74 Å². The molecule has 0 saturated heterocycles. The molecule has 3 rings (SSSR count). The summed E-state index contributed by atoms with van der Waals surface area (Å²) < 4.78 is 60.4. The van der Waals surface area contributed by atoms with Crippen molar-refractivity contribution in [1.29, 1.82) is 0 Å². The maximum atomic E-state index is 13.1. The van der Waals surface area contributed by atoms with Gasteiger partial charge in [0.05, 0.1) is 16.7 Å². The van der Waals surface area contributed by atoms with Crippen LogP contribution in [-0.4, -0.2) is 34.1 Å². The normalized spacial score (nSPS) is 11.8. The number of fused-ring (bicyclic) bond motifs is 1. The number of thioether (sulfide) groups is 1. The summed E-state index contributed by atoms with van der Waals surface area (Å²) in [6.45, 7) is 5.89. The molecule has 3 aromatic rings. The van der Waals surface area contributed by atoms with E-state index in [0.717, 1.165) is 11.3 Å². The fourth-order valence-corrected chi connectivity index (χ4v) is 3.35. The molecule has 0 atom stereocenters. The van der Waals surface area contributed by atoms with Crippen LogP contribution in [0.15, 0.2) is 48.3 Å². The first-order chi connectivity index (χ1) is 13.8. The standard InChI is InChI=1S/C19H17F4N3O2S/c1-3-8-27-16-6-7-24-15(11(16)2)10-29-18-25-13-5-4-12(9-14(13)26-18)28-19(22,23)17(20)21/h3-7,9,17H,1,8,10H2,2H3,(H,25,26). The first kappa shape index (κ1) is 21.0. The number of hydrogen-bond acceptors (Lipinski definition) is 5. The summed E-state index contributed by atoms with van der Waals surface area (Å²) in [6, 6.07) is 5.57. The van der Waals surface area contributed by atoms with Crippen LogP contribution in [0.25, 0.3) is 11.0 Å². The molecule has 10 heteroatoms. The number of pyridine rings is 1. The van der Waals surface area contributed by atoms with Crippen LogP contribution in [0.3, 0.4) is 0 Å². The molecule has 0 saturated carbocycles. The first-order valence-electron chi connectivity index (χ1n) is 8.46. The van der Waals surface area contributed by atoms with Crippen molar-refractivity contribution in [3.05, 3.63) is 54.4 Å². The molecule has 29 heavy (non-hydrogen) atoms. The van der Waals surface area contributed by atoms with Gasteiger partial charge in [0.25, 0.3) is 0 Å². The van der Waals surface area contributed by atoms with E-state index in [0.29, 0.717) is 34.3 Å². The zero-order valence-electron chi connectivity index (χ0n) is 15.3. The van der Waals surface area contributed by atoms with Gasteiger partial charge in [-0.1, -0.05) is 24.4 Å². The highest BCUT2D eigenvalue weighted by Gasteiger charge is 2.44. The highest BCUT2D eigenvalue weighted by molar-refractivity contribution is 7.98. The number of aromatic amines is 1. The van der Waals surface area contributed by atoms with Crippen molar-refractivity contribution < 1.29 is 27.0 Å². The van der Waals surface area contributed by atoms with Crippen molar-refractivity contribution in [2.24, 2.45) is 0 Å². The second-order valence-corrected chi connectivity index (χ2v) is 6.92. The number of imidazole rings is 1. The van der Waals surface area contributed by atoms with E-state index in [1.807, 2.05) is 6.92 Å². The highest BCUT2D eigenvalue weighted by atomic mass is 32.2. The fourth-order valence-electron chi connectivity index (χ4n) is 2.44. The lowest BCUT2D eigenvalue weighted by atomic mass is 10.2. The molecule has 0 amide bonds. The van der Waals surface area contributed by atoms with E-state index in [1.54, 1.807) is 18.3 Å². The number of H-pyrrole nitrogens is 1. The number of hydrogen-bond donors (Lipinski definition) is 1. The van der Waals surface area contributed by atoms with Gasteiger partial charge in [0.2, 0.25) is 0 Å². The minimum absolute atomic E-state index is 0.322. The number of halogens is 4. The molecular weight excluding hydrogens is 410 g/mol. The van der Waals surface area contributed by atoms with Crippen LogP contribution in [0.2, 0.25) is 0 Å². The van der Waals surface area contributed by atoms with Gasteiger partial charge in [0.15, 0.2) is 5.16 Å². The van der Waals surface area contributed by atoms with Crippen molar-refractivity contribution in [2.75, 3.05) is 6.61 Å². The van der Waals surface area contributed by atoms with Gasteiger partial charge in [-0.3, -0.25) is 4.98 Å². The Balaban J connectivity index is 1.72. The summed E-state index contributed by atoms with van der Waals surface area (Å²) in [5.74, 6) is 0.807. The van der Waals surface area contributed by atoms with E-state index < -0.39 is 18.3 Å².